The van der Waals surface area contributed by atoms with Crippen molar-refractivity contribution >= 4 is 92.7 Å². The van der Waals surface area contributed by atoms with Crippen molar-refractivity contribution in [3.63, 3.8) is 0 Å². The number of nitrogens with zero attached hydrogens (tertiary/aromatic N) is 10. The van der Waals surface area contributed by atoms with Gasteiger partial charge < -0.3 is 33.0 Å². The molecule has 12 heteroatoms. The average molecular weight is 1230 g/mol. The van der Waals surface area contributed by atoms with Gasteiger partial charge in [-0.25, -0.2) is 8.78 Å². The topological polar surface area (TPSA) is 58.5 Å². The molecule has 0 atom stereocenters. The Kier molecular flexibility index (Phi) is 18.6. The highest BCUT2D eigenvalue weighted by molar-refractivity contribution is 5.92. The van der Waals surface area contributed by atoms with Gasteiger partial charge in [-0.15, -0.1) is 0 Å². The molecule has 0 N–H and O–H groups in total. The molecule has 6 aromatic carbocycles. The molecule has 0 bridgehead atoms. The lowest BCUT2D eigenvalue weighted by atomic mass is 9.98. The zero-order chi connectivity index (χ0) is 64.0. The second-order valence-corrected chi connectivity index (χ2v) is 26.0. The van der Waals surface area contributed by atoms with Gasteiger partial charge in [-0.3, -0.25) is 14.9 Å². The summed E-state index contributed by atoms with van der Waals surface area (Å²) in [6.45, 7) is 15.0. The first-order valence-electron chi connectivity index (χ1n) is 32.6. The van der Waals surface area contributed by atoms with Crippen LogP contribution in [0.2, 0.25) is 0 Å². The molecule has 4 aliphatic heterocycles. The second-order valence-electron chi connectivity index (χ2n) is 26.0. The van der Waals surface area contributed by atoms with Gasteiger partial charge in [0.1, 0.15) is 11.6 Å². The van der Waals surface area contributed by atoms with Gasteiger partial charge in [0.05, 0.1) is 27.8 Å². The van der Waals surface area contributed by atoms with Gasteiger partial charge in [0.15, 0.2) is 0 Å². The number of hydrogen-bond donors (Lipinski definition) is 0. The van der Waals surface area contributed by atoms with Crippen LogP contribution in [0.25, 0.3) is 92.7 Å². The van der Waals surface area contributed by atoms with Gasteiger partial charge in [-0.2, -0.15) is 0 Å². The first-order chi connectivity index (χ1) is 45.3. The Morgan fingerprint density at radius 1 is 0.376 bits per heavy atom. The smallest absolute Gasteiger partial charge is 0.123 e. The van der Waals surface area contributed by atoms with Crippen LogP contribution in [0, 0.1) is 11.6 Å². The van der Waals surface area contributed by atoms with Crippen molar-refractivity contribution in [1.29, 1.82) is 0 Å². The van der Waals surface area contributed by atoms with E-state index in [0.29, 0.717) is 0 Å². The maximum absolute atomic E-state index is 13.7. The number of likely N-dealkylation sites (N-methyl/N-ethyl adjacent to an activating group) is 3. The molecule has 93 heavy (non-hydrogen) atoms. The van der Waals surface area contributed by atoms with Crippen molar-refractivity contribution < 1.29 is 8.78 Å². The van der Waals surface area contributed by atoms with Crippen LogP contribution >= 0.6 is 0 Å². The number of pyridine rings is 2. The Bertz CT molecular complexity index is 4550. The highest BCUT2D eigenvalue weighted by Gasteiger charge is 2.30. The van der Waals surface area contributed by atoms with Gasteiger partial charge in [-0.05, 0) is 172 Å². The molecule has 0 spiro atoms. The molecule has 470 valence electrons. The van der Waals surface area contributed by atoms with E-state index in [4.69, 9.17) is 0 Å². The van der Waals surface area contributed by atoms with Crippen LogP contribution in [0.1, 0.15) is 88.2 Å². The molecule has 0 unspecified atom stereocenters. The summed E-state index contributed by atoms with van der Waals surface area (Å²) < 4.78 is 36.6. The summed E-state index contributed by atoms with van der Waals surface area (Å²) >= 11 is 0. The molecule has 0 saturated carbocycles. The zero-order valence-corrected chi connectivity index (χ0v) is 54.3. The van der Waals surface area contributed by atoms with Crippen LogP contribution in [0.5, 0.6) is 0 Å². The van der Waals surface area contributed by atoms with Crippen molar-refractivity contribution in [2.24, 2.45) is 0 Å². The maximum atomic E-state index is 13.7. The number of rotatable bonds is 8. The fourth-order valence-electron chi connectivity index (χ4n) is 13.8. The molecular formula is C81H82F2N10. The summed E-state index contributed by atoms with van der Waals surface area (Å²) in [5.41, 5.74) is 20.3. The van der Waals surface area contributed by atoms with E-state index in [2.05, 4.69) is 218 Å². The molecule has 0 aliphatic carbocycles. The summed E-state index contributed by atoms with van der Waals surface area (Å²) in [4.78, 5) is 18.1. The fraction of sp³-hybridized carbons (Fsp3) is 0.235. The molecule has 10 nitrogen and oxygen atoms in total. The van der Waals surface area contributed by atoms with Crippen LogP contribution < -0.4 is 0 Å². The summed E-state index contributed by atoms with van der Waals surface area (Å²) in [6.07, 6.45) is 26.7. The molecule has 10 heterocycles. The van der Waals surface area contributed by atoms with Crippen molar-refractivity contribution in [3.05, 3.63) is 274 Å². The number of fused-ring (bicyclic) bond motifs is 12. The van der Waals surface area contributed by atoms with E-state index in [0.717, 1.165) is 122 Å². The summed E-state index contributed by atoms with van der Waals surface area (Å²) in [5, 5.41) is 4.81. The summed E-state index contributed by atoms with van der Waals surface area (Å²) in [5.74, 6) is -0.338. The van der Waals surface area contributed by atoms with Gasteiger partial charge in [-0.1, -0.05) is 109 Å². The maximum Gasteiger partial charge on any atom is 0.123 e. The normalized spacial score (nSPS) is 15.5. The lowest BCUT2D eigenvalue weighted by molar-refractivity contribution is 0.120. The number of halogens is 2. The van der Waals surface area contributed by atoms with E-state index >= 15 is 0 Å². The Labute approximate surface area is 545 Å². The molecule has 0 saturated heterocycles. The summed E-state index contributed by atoms with van der Waals surface area (Å²) in [7, 11) is 6.43. The minimum Gasteiger partial charge on any atom is -0.320 e. The van der Waals surface area contributed by atoms with E-state index in [-0.39, 0.29) is 17.2 Å². The Morgan fingerprint density at radius 2 is 0.774 bits per heavy atom. The van der Waals surface area contributed by atoms with Crippen LogP contribution in [-0.4, -0.2) is 101 Å². The molecule has 6 aromatic heterocycles. The van der Waals surface area contributed by atoms with Crippen LogP contribution in [0.3, 0.4) is 0 Å². The van der Waals surface area contributed by atoms with E-state index in [9.17, 15) is 8.78 Å². The molecular weight excluding hydrogens is 1150 g/mol. The van der Waals surface area contributed by atoms with Gasteiger partial charge >= 0.3 is 0 Å². The SMILES string of the molecule is CC(C)(C)N1CCc2c(c3ccccc3n2/C=C\c2cccnc2)C1.CN1CCc2c(c3cc(F)ccc3n2/C=C/c2ccccc2)C1.CN1CCc2c(c3cc(F)ccc3n2/C=C\c2ccccc2)C1.CN1CCc2c(c3ccccc3n2/C=C/c2ccccn2)C1. The van der Waals surface area contributed by atoms with Gasteiger partial charge in [0.25, 0.3) is 0 Å². The fourth-order valence-corrected chi connectivity index (χ4v) is 13.8. The Hall–Kier alpha value is -9.56. The lowest BCUT2D eigenvalue weighted by Gasteiger charge is -2.38. The van der Waals surface area contributed by atoms with Crippen LogP contribution in [-0.2, 0) is 51.9 Å². The van der Waals surface area contributed by atoms with E-state index in [1.165, 1.54) is 66.8 Å². The first kappa shape index (κ1) is 62.3. The Balaban J connectivity index is 0.000000113. The predicted molar refractivity (Wildman–Crippen MR) is 384 cm³/mol. The average Bonchev–Trinajstić information content (AvgIpc) is 1.66. The number of benzene rings is 6. The van der Waals surface area contributed by atoms with Crippen LogP contribution in [0.4, 0.5) is 8.78 Å². The molecule has 4 aliphatic rings. The molecule has 0 radical (unpaired) electrons. The van der Waals surface area contributed by atoms with Crippen LogP contribution in [0.15, 0.2) is 195 Å². The van der Waals surface area contributed by atoms with E-state index in [1.807, 2.05) is 91.4 Å². The molecule has 0 amide bonds. The third-order valence-corrected chi connectivity index (χ3v) is 18.6. The molecule has 16 rings (SSSR count). The van der Waals surface area contributed by atoms with E-state index in [1.54, 1.807) is 24.3 Å². The monoisotopic (exact) mass is 1230 g/mol. The van der Waals surface area contributed by atoms with E-state index < -0.39 is 0 Å². The van der Waals surface area contributed by atoms with Gasteiger partial charge in [0, 0.05) is 171 Å². The third kappa shape index (κ3) is 13.8. The Morgan fingerprint density at radius 3 is 1.23 bits per heavy atom. The van der Waals surface area contributed by atoms with Crippen molar-refractivity contribution in [2.45, 2.75) is 78.2 Å². The predicted octanol–water partition coefficient (Wildman–Crippen LogP) is 17.3. The highest BCUT2D eigenvalue weighted by atomic mass is 19.1. The summed E-state index contributed by atoms with van der Waals surface area (Å²) in [6, 6.07) is 58.2. The number of hydrogen-bond acceptors (Lipinski definition) is 6. The largest absolute Gasteiger partial charge is 0.320 e. The number of aromatic nitrogens is 6. The lowest BCUT2D eigenvalue weighted by Crippen LogP contribution is -2.44. The molecule has 0 fully saturated rings. The van der Waals surface area contributed by atoms with Crippen molar-refractivity contribution in [1.82, 2.24) is 47.8 Å². The first-order valence-corrected chi connectivity index (χ1v) is 32.6. The molecule has 12 aromatic rings. The third-order valence-electron chi connectivity index (χ3n) is 18.6. The quantitative estimate of drug-likeness (QED) is 0.151. The zero-order valence-electron chi connectivity index (χ0n) is 54.3. The highest BCUT2D eigenvalue weighted by Crippen LogP contribution is 2.37. The minimum absolute atomic E-state index is 0.169. The second kappa shape index (κ2) is 27.7. The van der Waals surface area contributed by atoms with Crippen molar-refractivity contribution in [2.75, 3.05) is 47.3 Å². The minimum atomic E-state index is -0.169. The van der Waals surface area contributed by atoms with Gasteiger partial charge in [0.2, 0.25) is 0 Å². The standard InChI is InChI=1S/C22H25N3.2C20H19FN2.C19H19N3/c1-22(2,3)24-13-11-21-19(16-24)18-8-4-5-9-20(18)25(21)14-10-17-7-6-12-23-15-17;2*1-22-11-10-20-18(14-22)17-13-16(21)7-8-19(17)23(20)12-9-15-5-3-2-4-6-15;1-21-12-10-19-17(14-21)16-7-2-3-8-18(16)22(19)13-9-15-6-4-5-11-20-15/h4-10,12,14-15H,11,13,16H2,1-3H3;2*2-9,12-13H,10-11,14H2,1H3;2-9,11,13H,10,12,14H2,1H3/b14-10-;12-9+;12-9-;13-9+. The van der Waals surface area contributed by atoms with Crippen molar-refractivity contribution in [3.8, 4) is 0 Å². The number of para-hydroxylation sites is 2.